The van der Waals surface area contributed by atoms with Crippen molar-refractivity contribution in [1.82, 2.24) is 29.1 Å². The summed E-state index contributed by atoms with van der Waals surface area (Å²) in [6, 6.07) is 78.6. The summed E-state index contributed by atoms with van der Waals surface area (Å²) in [5.41, 5.74) is 16.9. The van der Waals surface area contributed by atoms with Crippen LogP contribution in [0.1, 0.15) is 0 Å². The SMILES string of the molecule is c1ccc(-c2cc(-c3ccccc3)nc(-c3cccc(-n4c5ccccc5c5cc(-c6ccc7c(c6)c6ccccc6n7-c6cccc(-c7ccc8oc9cccnc9c8c7)n6)ccc54)c3)n2)cc1. The van der Waals surface area contributed by atoms with Crippen LogP contribution in [0.3, 0.4) is 0 Å². The first kappa shape index (κ1) is 38.8. The summed E-state index contributed by atoms with van der Waals surface area (Å²) in [6.07, 6.45) is 1.80. The van der Waals surface area contributed by atoms with Gasteiger partial charge in [0.05, 0.1) is 39.1 Å². The molecule has 0 radical (unpaired) electrons. The van der Waals surface area contributed by atoms with Crippen LogP contribution >= 0.6 is 0 Å². The minimum absolute atomic E-state index is 0.680. The highest BCUT2D eigenvalue weighted by Gasteiger charge is 2.19. The molecule has 14 aromatic rings. The van der Waals surface area contributed by atoms with Crippen molar-refractivity contribution in [3.63, 3.8) is 0 Å². The molecular weight excluding hydrogens is 845 g/mol. The second-order valence-corrected chi connectivity index (χ2v) is 17.5. The van der Waals surface area contributed by atoms with E-state index < -0.39 is 0 Å². The van der Waals surface area contributed by atoms with Crippen molar-refractivity contribution >= 4 is 65.7 Å². The van der Waals surface area contributed by atoms with Gasteiger partial charge in [0.2, 0.25) is 0 Å². The predicted molar refractivity (Wildman–Crippen MR) is 281 cm³/mol. The van der Waals surface area contributed by atoms with Crippen LogP contribution in [0.4, 0.5) is 0 Å². The maximum absolute atomic E-state index is 6.08. The predicted octanol–water partition coefficient (Wildman–Crippen LogP) is 15.7. The molecule has 0 bridgehead atoms. The zero-order chi connectivity index (χ0) is 45.4. The lowest BCUT2D eigenvalue weighted by molar-refractivity contribution is 0.668. The zero-order valence-corrected chi connectivity index (χ0v) is 37.0. The van der Waals surface area contributed by atoms with Gasteiger partial charge in [-0.15, -0.1) is 0 Å². The van der Waals surface area contributed by atoms with Crippen LogP contribution in [-0.4, -0.2) is 29.1 Å². The first-order valence-corrected chi connectivity index (χ1v) is 23.1. The molecule has 0 aliphatic carbocycles. The van der Waals surface area contributed by atoms with E-state index in [2.05, 4.69) is 184 Å². The molecule has 0 saturated carbocycles. The topological polar surface area (TPSA) is 74.6 Å². The van der Waals surface area contributed by atoms with Gasteiger partial charge >= 0.3 is 0 Å². The highest BCUT2D eigenvalue weighted by Crippen LogP contribution is 2.40. The fourth-order valence-corrected chi connectivity index (χ4v) is 10.2. The van der Waals surface area contributed by atoms with Gasteiger partial charge in [0.25, 0.3) is 0 Å². The van der Waals surface area contributed by atoms with E-state index in [1.165, 1.54) is 21.5 Å². The monoisotopic (exact) mass is 882 g/mol. The Morgan fingerprint density at radius 2 is 0.899 bits per heavy atom. The van der Waals surface area contributed by atoms with Crippen molar-refractivity contribution in [2.45, 2.75) is 0 Å². The summed E-state index contributed by atoms with van der Waals surface area (Å²) in [7, 11) is 0. The molecule has 0 atom stereocenters. The molecule has 7 nitrogen and oxygen atoms in total. The van der Waals surface area contributed by atoms with Gasteiger partial charge in [-0.2, -0.15) is 0 Å². The molecule has 0 fully saturated rings. The van der Waals surface area contributed by atoms with Crippen LogP contribution in [0.5, 0.6) is 0 Å². The summed E-state index contributed by atoms with van der Waals surface area (Å²) < 4.78 is 10.7. The molecule has 6 aromatic heterocycles. The third-order valence-corrected chi connectivity index (χ3v) is 13.4. The number of rotatable bonds is 7. The molecular formula is C62H38N6O. The lowest BCUT2D eigenvalue weighted by Gasteiger charge is -2.12. The smallest absolute Gasteiger partial charge is 0.160 e. The maximum atomic E-state index is 6.08. The van der Waals surface area contributed by atoms with Crippen LogP contribution in [0.2, 0.25) is 0 Å². The van der Waals surface area contributed by atoms with E-state index in [4.69, 9.17) is 19.4 Å². The van der Waals surface area contributed by atoms with E-state index in [0.717, 1.165) is 106 Å². The van der Waals surface area contributed by atoms with Gasteiger partial charge in [-0.1, -0.05) is 127 Å². The number of aromatic nitrogens is 6. The molecule has 69 heavy (non-hydrogen) atoms. The van der Waals surface area contributed by atoms with Gasteiger partial charge in [-0.25, -0.2) is 15.0 Å². The lowest BCUT2D eigenvalue weighted by atomic mass is 10.0. The van der Waals surface area contributed by atoms with Crippen LogP contribution < -0.4 is 0 Å². The average molecular weight is 883 g/mol. The maximum Gasteiger partial charge on any atom is 0.160 e. The van der Waals surface area contributed by atoms with Gasteiger partial charge < -0.3 is 8.98 Å². The summed E-state index contributed by atoms with van der Waals surface area (Å²) in [6.45, 7) is 0. The summed E-state index contributed by atoms with van der Waals surface area (Å²) >= 11 is 0. The summed E-state index contributed by atoms with van der Waals surface area (Å²) in [5.74, 6) is 1.53. The Hall–Kier alpha value is -9.46. The van der Waals surface area contributed by atoms with Gasteiger partial charge in [0.1, 0.15) is 16.9 Å². The van der Waals surface area contributed by atoms with Gasteiger partial charge in [-0.3, -0.25) is 9.55 Å². The Balaban J connectivity index is 0.861. The minimum atomic E-state index is 0.680. The highest BCUT2D eigenvalue weighted by molar-refractivity contribution is 6.13. The number of hydrogen-bond acceptors (Lipinski definition) is 5. The Labute approximate surface area is 395 Å². The second kappa shape index (κ2) is 15.6. The first-order chi connectivity index (χ1) is 34.2. The number of furan rings is 1. The van der Waals surface area contributed by atoms with Gasteiger partial charge in [0, 0.05) is 61.1 Å². The normalized spacial score (nSPS) is 11.8. The third kappa shape index (κ3) is 6.43. The molecule has 0 amide bonds. The summed E-state index contributed by atoms with van der Waals surface area (Å²) in [4.78, 5) is 20.2. The molecule has 0 aliphatic rings. The molecule has 0 N–H and O–H groups in total. The zero-order valence-electron chi connectivity index (χ0n) is 37.0. The molecule has 14 rings (SSSR count). The molecule has 322 valence electrons. The Bertz CT molecular complexity index is 4260. The molecule has 0 aliphatic heterocycles. The van der Waals surface area contributed by atoms with Crippen molar-refractivity contribution in [2.75, 3.05) is 0 Å². The number of para-hydroxylation sites is 2. The Morgan fingerprint density at radius 1 is 0.319 bits per heavy atom. The number of benzene rings is 8. The standard InChI is InChI=1S/C62H38N6O/c1-3-14-39(15-4-1)52-38-53(40-16-5-2-6-17-40)66-62(65-52)44-18-11-19-45(34-44)67-54-23-9-7-20-46(54)48-35-41(27-30-56(48)67)42-28-31-57-49(36-42)47-21-8-10-24-55(47)68(57)60-26-12-22-51(64-60)43-29-32-58-50(37-43)61-59(69-58)25-13-33-63-61/h1-38H. The number of hydrogen-bond donors (Lipinski definition) is 0. The van der Waals surface area contributed by atoms with Gasteiger partial charge in [0.15, 0.2) is 11.4 Å². The first-order valence-electron chi connectivity index (χ1n) is 23.1. The van der Waals surface area contributed by atoms with Gasteiger partial charge in [-0.05, 0) is 108 Å². The summed E-state index contributed by atoms with van der Waals surface area (Å²) in [5, 5.41) is 5.69. The van der Waals surface area contributed by atoms with Crippen molar-refractivity contribution in [3.05, 3.63) is 231 Å². The lowest BCUT2D eigenvalue weighted by Crippen LogP contribution is -1.98. The van der Waals surface area contributed by atoms with E-state index in [9.17, 15) is 0 Å². The number of fused-ring (bicyclic) bond motifs is 9. The Kier molecular flexibility index (Phi) is 8.75. The number of nitrogens with zero attached hydrogens (tertiary/aromatic N) is 6. The van der Waals surface area contributed by atoms with Crippen molar-refractivity contribution in [1.29, 1.82) is 0 Å². The number of pyridine rings is 2. The fourth-order valence-electron chi connectivity index (χ4n) is 10.2. The highest BCUT2D eigenvalue weighted by atomic mass is 16.3. The molecule has 8 aromatic carbocycles. The fraction of sp³-hybridized carbons (Fsp3) is 0. The van der Waals surface area contributed by atoms with E-state index >= 15 is 0 Å². The van der Waals surface area contributed by atoms with Crippen molar-refractivity contribution < 1.29 is 4.42 Å². The van der Waals surface area contributed by atoms with E-state index in [1.807, 2.05) is 54.6 Å². The van der Waals surface area contributed by atoms with Crippen molar-refractivity contribution in [3.8, 4) is 67.8 Å². The average Bonchev–Trinajstić information content (AvgIpc) is 4.08. The van der Waals surface area contributed by atoms with E-state index in [1.54, 1.807) is 6.20 Å². The minimum Gasteiger partial charge on any atom is -0.454 e. The molecule has 0 spiro atoms. The Morgan fingerprint density at radius 3 is 1.61 bits per heavy atom. The van der Waals surface area contributed by atoms with Crippen LogP contribution in [0, 0.1) is 0 Å². The quantitative estimate of drug-likeness (QED) is 0.159. The van der Waals surface area contributed by atoms with Crippen LogP contribution in [-0.2, 0) is 0 Å². The largest absolute Gasteiger partial charge is 0.454 e. The third-order valence-electron chi connectivity index (χ3n) is 13.4. The second-order valence-electron chi connectivity index (χ2n) is 17.5. The molecule has 6 heterocycles. The van der Waals surface area contributed by atoms with E-state index in [-0.39, 0.29) is 0 Å². The van der Waals surface area contributed by atoms with Crippen molar-refractivity contribution in [2.24, 2.45) is 0 Å². The van der Waals surface area contributed by atoms with Crippen LogP contribution in [0.25, 0.3) is 133 Å². The molecule has 0 unspecified atom stereocenters. The van der Waals surface area contributed by atoms with E-state index in [0.29, 0.717) is 5.82 Å². The van der Waals surface area contributed by atoms with Crippen LogP contribution in [0.15, 0.2) is 235 Å². The molecule has 7 heteroatoms. The molecule has 0 saturated heterocycles.